The number of fused-ring (bicyclic) bond motifs is 1. The van der Waals surface area contributed by atoms with Crippen molar-refractivity contribution in [1.82, 2.24) is 19.7 Å². The number of halogens is 3. The Morgan fingerprint density at radius 3 is 2.33 bits per heavy atom. The first-order chi connectivity index (χ1) is 13.0. The van der Waals surface area contributed by atoms with Crippen molar-refractivity contribution in [1.29, 1.82) is 0 Å². The number of hydrogen-bond acceptors (Lipinski definition) is 4. The minimum atomic E-state index is 0.364. The number of benzene rings is 2. The monoisotopic (exact) mass is 417 g/mol. The Bertz CT molecular complexity index is 1120. The Morgan fingerprint density at radius 1 is 0.889 bits per heavy atom. The SMILES string of the molecule is Nc1nc(Cc2c(Cl)cccc2Cl)nc2nn(Cc3ccccc3Cl)cc12. The number of nitrogens with zero attached hydrogens (tertiary/aromatic N) is 4. The third-order valence-electron chi connectivity index (χ3n) is 4.19. The predicted molar refractivity (Wildman–Crippen MR) is 110 cm³/mol. The molecule has 0 bridgehead atoms. The van der Waals surface area contributed by atoms with E-state index in [0.29, 0.717) is 50.7 Å². The van der Waals surface area contributed by atoms with E-state index >= 15 is 0 Å². The molecule has 4 rings (SSSR count). The predicted octanol–water partition coefficient (Wildman–Crippen LogP) is 5.01. The highest BCUT2D eigenvalue weighted by Gasteiger charge is 2.14. The Morgan fingerprint density at radius 2 is 1.59 bits per heavy atom. The molecule has 2 N–H and O–H groups in total. The zero-order valence-electron chi connectivity index (χ0n) is 14.0. The molecule has 27 heavy (non-hydrogen) atoms. The lowest BCUT2D eigenvalue weighted by Crippen LogP contribution is -2.02. The third-order valence-corrected chi connectivity index (χ3v) is 5.27. The molecule has 0 unspecified atom stereocenters. The van der Waals surface area contributed by atoms with Crippen molar-refractivity contribution in [2.45, 2.75) is 13.0 Å². The summed E-state index contributed by atoms with van der Waals surface area (Å²) in [6, 6.07) is 13.0. The van der Waals surface area contributed by atoms with Crippen molar-refractivity contribution in [2.75, 3.05) is 5.73 Å². The molecule has 0 aliphatic rings. The molecule has 0 amide bonds. The Labute approximate surface area is 170 Å². The average Bonchev–Trinajstić information content (AvgIpc) is 3.03. The summed E-state index contributed by atoms with van der Waals surface area (Å²) < 4.78 is 1.75. The quantitative estimate of drug-likeness (QED) is 0.506. The molecule has 0 atom stereocenters. The fraction of sp³-hybridized carbons (Fsp3) is 0.105. The maximum Gasteiger partial charge on any atom is 0.186 e. The molecule has 136 valence electrons. The van der Waals surface area contributed by atoms with Crippen molar-refractivity contribution in [3.8, 4) is 0 Å². The van der Waals surface area contributed by atoms with Crippen LogP contribution in [0.4, 0.5) is 5.82 Å². The molecule has 2 heterocycles. The Hall–Kier alpha value is -2.34. The molecule has 5 nitrogen and oxygen atoms in total. The van der Waals surface area contributed by atoms with Gasteiger partial charge in [0, 0.05) is 27.7 Å². The van der Waals surface area contributed by atoms with Crippen LogP contribution in [0.5, 0.6) is 0 Å². The van der Waals surface area contributed by atoms with E-state index in [0.717, 1.165) is 11.1 Å². The highest BCUT2D eigenvalue weighted by atomic mass is 35.5. The summed E-state index contributed by atoms with van der Waals surface area (Å²) in [6.07, 6.45) is 2.19. The Balaban J connectivity index is 1.68. The first kappa shape index (κ1) is 18.0. The molecule has 0 radical (unpaired) electrons. The molecule has 0 fully saturated rings. The van der Waals surface area contributed by atoms with E-state index in [4.69, 9.17) is 40.5 Å². The van der Waals surface area contributed by atoms with E-state index in [1.165, 1.54) is 0 Å². The lowest BCUT2D eigenvalue weighted by Gasteiger charge is -2.06. The number of nitrogen functional groups attached to an aromatic ring is 1. The minimum absolute atomic E-state index is 0.364. The van der Waals surface area contributed by atoms with Crippen LogP contribution >= 0.6 is 34.8 Å². The minimum Gasteiger partial charge on any atom is -0.383 e. The van der Waals surface area contributed by atoms with Crippen LogP contribution in [0.1, 0.15) is 17.0 Å². The van der Waals surface area contributed by atoms with Crippen LogP contribution in [-0.2, 0) is 13.0 Å². The van der Waals surface area contributed by atoms with Gasteiger partial charge in [0.25, 0.3) is 0 Å². The fourth-order valence-electron chi connectivity index (χ4n) is 2.84. The van der Waals surface area contributed by atoms with Gasteiger partial charge in [-0.3, -0.25) is 4.68 Å². The second-order valence-corrected chi connectivity index (χ2v) is 7.28. The first-order valence-corrected chi connectivity index (χ1v) is 9.30. The fourth-order valence-corrected chi connectivity index (χ4v) is 3.57. The van der Waals surface area contributed by atoms with E-state index in [-0.39, 0.29) is 0 Å². The van der Waals surface area contributed by atoms with Gasteiger partial charge in [-0.05, 0) is 29.3 Å². The maximum absolute atomic E-state index is 6.24. The van der Waals surface area contributed by atoms with Crippen molar-refractivity contribution in [3.63, 3.8) is 0 Å². The molecule has 0 aliphatic heterocycles. The molecule has 2 aromatic heterocycles. The molecule has 8 heteroatoms. The summed E-state index contributed by atoms with van der Waals surface area (Å²) in [6.45, 7) is 0.515. The molecule has 0 saturated carbocycles. The lowest BCUT2D eigenvalue weighted by molar-refractivity contribution is 0.693. The van der Waals surface area contributed by atoms with Crippen molar-refractivity contribution < 1.29 is 0 Å². The van der Waals surface area contributed by atoms with E-state index in [2.05, 4.69) is 15.1 Å². The summed E-state index contributed by atoms with van der Waals surface area (Å²) in [7, 11) is 0. The molecular formula is C19H14Cl3N5. The zero-order valence-corrected chi connectivity index (χ0v) is 16.3. The normalized spacial score (nSPS) is 11.2. The van der Waals surface area contributed by atoms with Gasteiger partial charge in [0.15, 0.2) is 5.65 Å². The summed E-state index contributed by atoms with van der Waals surface area (Å²) in [4.78, 5) is 8.91. The van der Waals surface area contributed by atoms with Gasteiger partial charge >= 0.3 is 0 Å². The number of nitrogens with two attached hydrogens (primary N) is 1. The highest BCUT2D eigenvalue weighted by molar-refractivity contribution is 6.36. The first-order valence-electron chi connectivity index (χ1n) is 8.17. The molecule has 0 aliphatic carbocycles. The third kappa shape index (κ3) is 3.72. The second-order valence-electron chi connectivity index (χ2n) is 6.06. The molecule has 2 aromatic carbocycles. The van der Waals surface area contributed by atoms with E-state index < -0.39 is 0 Å². The van der Waals surface area contributed by atoms with Gasteiger partial charge in [-0.15, -0.1) is 0 Å². The number of anilines is 1. The van der Waals surface area contributed by atoms with Gasteiger partial charge in [-0.1, -0.05) is 59.1 Å². The van der Waals surface area contributed by atoms with Crippen LogP contribution in [0.2, 0.25) is 15.1 Å². The summed E-state index contributed by atoms with van der Waals surface area (Å²) in [5, 5.41) is 7.02. The van der Waals surface area contributed by atoms with Gasteiger partial charge in [-0.25, -0.2) is 9.97 Å². The van der Waals surface area contributed by atoms with Crippen molar-refractivity contribution in [2.24, 2.45) is 0 Å². The van der Waals surface area contributed by atoms with Crippen LogP contribution < -0.4 is 5.73 Å². The summed E-state index contributed by atoms with van der Waals surface area (Å²) >= 11 is 18.7. The van der Waals surface area contributed by atoms with Gasteiger partial charge in [0.1, 0.15) is 11.6 Å². The van der Waals surface area contributed by atoms with E-state index in [1.54, 1.807) is 22.9 Å². The molecule has 4 aromatic rings. The van der Waals surface area contributed by atoms with Gasteiger partial charge in [-0.2, -0.15) is 5.10 Å². The number of rotatable bonds is 4. The lowest BCUT2D eigenvalue weighted by atomic mass is 10.1. The van der Waals surface area contributed by atoms with Gasteiger partial charge in [0.2, 0.25) is 0 Å². The highest BCUT2D eigenvalue weighted by Crippen LogP contribution is 2.27. The van der Waals surface area contributed by atoms with Crippen LogP contribution in [0.25, 0.3) is 11.0 Å². The smallest absolute Gasteiger partial charge is 0.186 e. The number of hydrogen-bond donors (Lipinski definition) is 1. The van der Waals surface area contributed by atoms with E-state index in [9.17, 15) is 0 Å². The molecule has 0 saturated heterocycles. The number of aromatic nitrogens is 4. The topological polar surface area (TPSA) is 69.6 Å². The van der Waals surface area contributed by atoms with Crippen LogP contribution in [-0.4, -0.2) is 19.7 Å². The van der Waals surface area contributed by atoms with Crippen molar-refractivity contribution >= 4 is 51.7 Å². The summed E-state index contributed by atoms with van der Waals surface area (Å²) in [5.74, 6) is 0.876. The van der Waals surface area contributed by atoms with Gasteiger partial charge < -0.3 is 5.73 Å². The standard InChI is InChI=1S/C19H14Cl3N5/c20-14-5-2-1-4-11(14)9-27-10-13-18(23)24-17(25-19(13)26-27)8-12-15(21)6-3-7-16(12)22/h1-7,10H,8-9H2,(H2,23,24,25,26). The maximum atomic E-state index is 6.24. The largest absolute Gasteiger partial charge is 0.383 e. The van der Waals surface area contributed by atoms with Crippen molar-refractivity contribution in [3.05, 3.63) is 80.7 Å². The summed E-state index contributed by atoms with van der Waals surface area (Å²) in [5.41, 5.74) is 8.37. The van der Waals surface area contributed by atoms with Crippen LogP contribution in [0.3, 0.4) is 0 Å². The van der Waals surface area contributed by atoms with Gasteiger partial charge in [0.05, 0.1) is 11.9 Å². The average molecular weight is 419 g/mol. The molecular weight excluding hydrogens is 405 g/mol. The molecule has 0 spiro atoms. The van der Waals surface area contributed by atoms with Crippen LogP contribution in [0, 0.1) is 0 Å². The second kappa shape index (κ2) is 7.35. The van der Waals surface area contributed by atoms with Crippen LogP contribution in [0.15, 0.2) is 48.7 Å². The Kier molecular flexibility index (Phi) is 4.91. The zero-order chi connectivity index (χ0) is 19.0. The van der Waals surface area contributed by atoms with E-state index in [1.807, 2.05) is 30.5 Å².